The maximum atomic E-state index is 11.8. The van der Waals surface area contributed by atoms with Crippen molar-refractivity contribution in [3.63, 3.8) is 0 Å². The molecule has 0 N–H and O–H groups in total. The molecule has 1 saturated heterocycles. The Bertz CT molecular complexity index is 286. The highest BCUT2D eigenvalue weighted by atomic mass is 16.6. The minimum Gasteiger partial charge on any atom is -0.443 e. The second kappa shape index (κ2) is 3.64. The van der Waals surface area contributed by atoms with E-state index in [1.165, 1.54) is 25.7 Å². The highest BCUT2D eigenvalue weighted by molar-refractivity contribution is 5.68. The van der Waals surface area contributed by atoms with Crippen LogP contribution >= 0.6 is 0 Å². The fraction of sp³-hybridized carbons (Fsp3) is 0.923. The van der Waals surface area contributed by atoms with Gasteiger partial charge in [-0.25, -0.2) is 4.79 Å². The summed E-state index contributed by atoms with van der Waals surface area (Å²) in [5.74, 6) is 1.87. The first kappa shape index (κ1) is 10.4. The van der Waals surface area contributed by atoms with Gasteiger partial charge in [-0.2, -0.15) is 0 Å². The average molecular weight is 223 g/mol. The molecule has 3 heteroatoms. The van der Waals surface area contributed by atoms with E-state index in [1.54, 1.807) is 0 Å². The molecule has 1 aliphatic heterocycles. The number of nitrogens with zero attached hydrogens (tertiary/aromatic N) is 1. The van der Waals surface area contributed by atoms with Gasteiger partial charge >= 0.3 is 6.09 Å². The first-order valence-electron chi connectivity index (χ1n) is 6.64. The molecule has 0 aromatic heterocycles. The van der Waals surface area contributed by atoms with Crippen LogP contribution in [0.25, 0.3) is 0 Å². The number of ether oxygens (including phenoxy) is 1. The van der Waals surface area contributed by atoms with Crippen LogP contribution in [0.1, 0.15) is 45.4 Å². The van der Waals surface area contributed by atoms with Crippen molar-refractivity contribution < 1.29 is 9.53 Å². The molecule has 0 aromatic carbocycles. The molecule has 0 atom stereocenters. The van der Waals surface area contributed by atoms with Gasteiger partial charge in [0, 0.05) is 13.1 Å². The topological polar surface area (TPSA) is 29.5 Å². The Balaban J connectivity index is 1.47. The summed E-state index contributed by atoms with van der Waals surface area (Å²) in [6.45, 7) is 3.86. The first-order chi connectivity index (χ1) is 7.66. The van der Waals surface area contributed by atoms with Crippen LogP contribution in [-0.4, -0.2) is 29.7 Å². The standard InChI is InChI=1S/C13H21NO2/c1-13(6-7-13)16-12(15)14-8-4-11(5-9-14)10-2-3-10/h10-11H,2-9H2,1H3. The minimum atomic E-state index is -0.121. The molecular weight excluding hydrogens is 202 g/mol. The van der Waals surface area contributed by atoms with Gasteiger partial charge in [0.15, 0.2) is 0 Å². The Kier molecular flexibility index (Phi) is 2.37. The number of rotatable bonds is 2. The van der Waals surface area contributed by atoms with Crippen LogP contribution in [0.4, 0.5) is 4.79 Å². The van der Waals surface area contributed by atoms with Crippen LogP contribution < -0.4 is 0 Å². The second-order valence-electron chi connectivity index (χ2n) is 5.98. The largest absolute Gasteiger partial charge is 0.443 e. The van der Waals surface area contributed by atoms with Crippen molar-refractivity contribution in [2.75, 3.05) is 13.1 Å². The van der Waals surface area contributed by atoms with Gasteiger partial charge in [-0.3, -0.25) is 0 Å². The molecule has 16 heavy (non-hydrogen) atoms. The van der Waals surface area contributed by atoms with Crippen molar-refractivity contribution in [1.29, 1.82) is 0 Å². The van der Waals surface area contributed by atoms with Crippen molar-refractivity contribution in [2.45, 2.75) is 51.0 Å². The van der Waals surface area contributed by atoms with Gasteiger partial charge < -0.3 is 9.64 Å². The molecule has 3 rings (SSSR count). The van der Waals surface area contributed by atoms with Gasteiger partial charge in [0.05, 0.1) is 0 Å². The van der Waals surface area contributed by atoms with E-state index >= 15 is 0 Å². The summed E-state index contributed by atoms with van der Waals surface area (Å²) in [4.78, 5) is 13.8. The molecule has 0 bridgehead atoms. The normalized spacial score (nSPS) is 28.9. The molecule has 3 fully saturated rings. The molecule has 0 aromatic rings. The van der Waals surface area contributed by atoms with Crippen LogP contribution in [0.2, 0.25) is 0 Å². The maximum absolute atomic E-state index is 11.8. The third kappa shape index (κ3) is 2.18. The highest BCUT2D eigenvalue weighted by Gasteiger charge is 2.43. The van der Waals surface area contributed by atoms with Crippen molar-refractivity contribution >= 4 is 6.09 Å². The Morgan fingerprint density at radius 2 is 1.69 bits per heavy atom. The van der Waals surface area contributed by atoms with Gasteiger partial charge in [-0.1, -0.05) is 0 Å². The Hall–Kier alpha value is -0.730. The number of piperidine rings is 1. The molecule has 0 radical (unpaired) electrons. The van der Waals surface area contributed by atoms with E-state index in [-0.39, 0.29) is 11.7 Å². The Morgan fingerprint density at radius 3 is 2.19 bits per heavy atom. The zero-order valence-electron chi connectivity index (χ0n) is 10.1. The third-order valence-corrected chi connectivity index (χ3v) is 4.37. The lowest BCUT2D eigenvalue weighted by Gasteiger charge is -2.32. The van der Waals surface area contributed by atoms with Gasteiger partial charge in [0.1, 0.15) is 5.60 Å². The van der Waals surface area contributed by atoms with Crippen LogP contribution in [0.15, 0.2) is 0 Å². The molecule has 0 spiro atoms. The highest BCUT2D eigenvalue weighted by Crippen LogP contribution is 2.42. The predicted molar refractivity (Wildman–Crippen MR) is 61.1 cm³/mol. The molecule has 2 saturated carbocycles. The lowest BCUT2D eigenvalue weighted by atomic mass is 9.92. The molecule has 2 aliphatic carbocycles. The molecular formula is C13H21NO2. The maximum Gasteiger partial charge on any atom is 0.410 e. The summed E-state index contributed by atoms with van der Waals surface area (Å²) in [5, 5.41) is 0. The summed E-state index contributed by atoms with van der Waals surface area (Å²) in [7, 11) is 0. The van der Waals surface area contributed by atoms with E-state index in [0.29, 0.717) is 0 Å². The number of carbonyl (C=O) groups excluding carboxylic acids is 1. The minimum absolute atomic E-state index is 0.0748. The monoisotopic (exact) mass is 223 g/mol. The zero-order chi connectivity index (χ0) is 11.2. The molecule has 1 heterocycles. The molecule has 3 aliphatic rings. The van der Waals surface area contributed by atoms with E-state index in [1.807, 2.05) is 11.8 Å². The first-order valence-corrected chi connectivity index (χ1v) is 6.64. The number of likely N-dealkylation sites (tertiary alicyclic amines) is 1. The summed E-state index contributed by atoms with van der Waals surface area (Å²) in [5.41, 5.74) is -0.121. The number of hydrogen-bond donors (Lipinski definition) is 0. The van der Waals surface area contributed by atoms with Crippen LogP contribution in [0, 0.1) is 11.8 Å². The second-order valence-corrected chi connectivity index (χ2v) is 5.98. The van der Waals surface area contributed by atoms with Gasteiger partial charge in [-0.15, -0.1) is 0 Å². The summed E-state index contributed by atoms with van der Waals surface area (Å²) < 4.78 is 5.49. The lowest BCUT2D eigenvalue weighted by Crippen LogP contribution is -2.40. The third-order valence-electron chi connectivity index (χ3n) is 4.37. The van der Waals surface area contributed by atoms with Crippen LogP contribution in [-0.2, 0) is 4.74 Å². The summed E-state index contributed by atoms with van der Waals surface area (Å²) in [6, 6.07) is 0. The van der Waals surface area contributed by atoms with E-state index in [0.717, 1.165) is 37.8 Å². The van der Waals surface area contributed by atoms with Crippen LogP contribution in [0.5, 0.6) is 0 Å². The molecule has 0 unspecified atom stereocenters. The molecule has 3 nitrogen and oxygen atoms in total. The predicted octanol–water partition coefficient (Wildman–Crippen LogP) is 2.80. The average Bonchev–Trinajstić information content (AvgIpc) is 3.15. The van der Waals surface area contributed by atoms with E-state index in [9.17, 15) is 4.79 Å². The van der Waals surface area contributed by atoms with E-state index < -0.39 is 0 Å². The van der Waals surface area contributed by atoms with Crippen molar-refractivity contribution in [3.05, 3.63) is 0 Å². The van der Waals surface area contributed by atoms with E-state index in [2.05, 4.69) is 0 Å². The van der Waals surface area contributed by atoms with Gasteiger partial charge in [-0.05, 0) is 57.3 Å². The molecule has 90 valence electrons. The number of carbonyl (C=O) groups is 1. The quantitative estimate of drug-likeness (QED) is 0.720. The van der Waals surface area contributed by atoms with E-state index in [4.69, 9.17) is 4.74 Å². The van der Waals surface area contributed by atoms with Gasteiger partial charge in [0.2, 0.25) is 0 Å². The smallest absolute Gasteiger partial charge is 0.410 e. The molecule has 1 amide bonds. The summed E-state index contributed by atoms with van der Waals surface area (Å²) >= 11 is 0. The number of hydrogen-bond acceptors (Lipinski definition) is 2. The fourth-order valence-electron chi connectivity index (χ4n) is 2.67. The SMILES string of the molecule is CC1(OC(=O)N2CCC(C3CC3)CC2)CC1. The van der Waals surface area contributed by atoms with Crippen molar-refractivity contribution in [2.24, 2.45) is 11.8 Å². The van der Waals surface area contributed by atoms with Crippen molar-refractivity contribution in [1.82, 2.24) is 4.90 Å². The van der Waals surface area contributed by atoms with Crippen molar-refractivity contribution in [3.8, 4) is 0 Å². The van der Waals surface area contributed by atoms with Crippen LogP contribution in [0.3, 0.4) is 0 Å². The number of amides is 1. The Morgan fingerprint density at radius 1 is 1.12 bits per heavy atom. The zero-order valence-corrected chi connectivity index (χ0v) is 10.1. The fourth-order valence-corrected chi connectivity index (χ4v) is 2.67. The van der Waals surface area contributed by atoms with Gasteiger partial charge in [0.25, 0.3) is 0 Å². The summed E-state index contributed by atoms with van der Waals surface area (Å²) in [6.07, 6.45) is 7.23. The lowest BCUT2D eigenvalue weighted by molar-refractivity contribution is 0.0477. The Labute approximate surface area is 97.1 Å².